The summed E-state index contributed by atoms with van der Waals surface area (Å²) in [5.41, 5.74) is 1.32. The molecule has 20 heavy (non-hydrogen) atoms. The summed E-state index contributed by atoms with van der Waals surface area (Å²) in [6.45, 7) is 9.64. The molecule has 1 aliphatic heterocycles. The molecule has 0 spiro atoms. The highest BCUT2D eigenvalue weighted by Crippen LogP contribution is 2.36. The number of nitro benzene ring substituents is 1. The van der Waals surface area contributed by atoms with E-state index in [1.807, 2.05) is 20.8 Å². The largest absolute Gasteiger partial charge is 0.278 e. The van der Waals surface area contributed by atoms with Crippen LogP contribution in [0.25, 0.3) is 0 Å². The number of rotatable bonds is 2. The van der Waals surface area contributed by atoms with Gasteiger partial charge >= 0.3 is 0 Å². The molecule has 2 rings (SSSR count). The van der Waals surface area contributed by atoms with E-state index in [1.165, 1.54) is 29.3 Å². The number of carbonyl (C=O) groups excluding carboxylic acids is 1. The van der Waals surface area contributed by atoms with E-state index in [9.17, 15) is 14.9 Å². The predicted molar refractivity (Wildman–Crippen MR) is 75.3 cm³/mol. The van der Waals surface area contributed by atoms with Crippen molar-refractivity contribution in [2.75, 3.05) is 0 Å². The van der Waals surface area contributed by atoms with Crippen molar-refractivity contribution >= 4 is 17.3 Å². The van der Waals surface area contributed by atoms with E-state index in [0.29, 0.717) is 11.3 Å². The van der Waals surface area contributed by atoms with E-state index >= 15 is 0 Å². The number of benzene rings is 1. The first-order chi connectivity index (χ1) is 9.25. The number of carbonyl (C=O) groups is 1. The Labute approximate surface area is 116 Å². The first-order valence-corrected chi connectivity index (χ1v) is 6.09. The molecule has 1 aromatic rings. The Hall–Kier alpha value is -2.50. The maximum Gasteiger partial charge on any atom is 0.278 e. The lowest BCUT2D eigenvalue weighted by Gasteiger charge is -2.22. The highest BCUT2D eigenvalue weighted by molar-refractivity contribution is 6.01. The van der Waals surface area contributed by atoms with Gasteiger partial charge in [-0.2, -0.15) is 5.10 Å². The van der Waals surface area contributed by atoms with Gasteiger partial charge in [-0.15, -0.1) is 0 Å². The van der Waals surface area contributed by atoms with Crippen LogP contribution in [-0.4, -0.2) is 21.6 Å². The summed E-state index contributed by atoms with van der Waals surface area (Å²) in [4.78, 5) is 22.4. The Morgan fingerprint density at radius 2 is 1.90 bits per heavy atom. The third kappa shape index (κ3) is 2.09. The van der Waals surface area contributed by atoms with Crippen LogP contribution in [0, 0.1) is 15.5 Å². The summed E-state index contributed by atoms with van der Waals surface area (Å²) in [7, 11) is 0. The van der Waals surface area contributed by atoms with Crippen LogP contribution in [-0.2, 0) is 0 Å². The van der Waals surface area contributed by atoms with Crippen molar-refractivity contribution in [3.63, 3.8) is 0 Å². The van der Waals surface area contributed by atoms with Gasteiger partial charge in [0.05, 0.1) is 10.6 Å². The minimum atomic E-state index is -0.506. The van der Waals surface area contributed by atoms with Crippen LogP contribution < -0.4 is 0 Å². The van der Waals surface area contributed by atoms with E-state index < -0.39 is 4.92 Å². The molecule has 0 bridgehead atoms. The number of nitro groups is 1. The van der Waals surface area contributed by atoms with Crippen molar-refractivity contribution in [3.8, 4) is 0 Å². The van der Waals surface area contributed by atoms with Crippen molar-refractivity contribution in [2.45, 2.75) is 20.8 Å². The summed E-state index contributed by atoms with van der Waals surface area (Å²) < 4.78 is 0. The average Bonchev–Trinajstić information content (AvgIpc) is 2.61. The Kier molecular flexibility index (Phi) is 3.17. The highest BCUT2D eigenvalue weighted by Gasteiger charge is 2.38. The molecule has 1 aromatic carbocycles. The van der Waals surface area contributed by atoms with E-state index in [0.717, 1.165) is 5.71 Å². The Morgan fingerprint density at radius 3 is 2.30 bits per heavy atom. The van der Waals surface area contributed by atoms with Crippen LogP contribution in [0.3, 0.4) is 0 Å². The summed E-state index contributed by atoms with van der Waals surface area (Å²) in [6, 6.07) is 5.44. The summed E-state index contributed by atoms with van der Waals surface area (Å²) in [5, 5.41) is 16.1. The summed E-state index contributed by atoms with van der Waals surface area (Å²) in [6.07, 6.45) is 0. The molecule has 0 saturated carbocycles. The molecule has 0 aliphatic carbocycles. The van der Waals surface area contributed by atoms with Crippen LogP contribution in [0.1, 0.15) is 31.1 Å². The number of allylic oxidation sites excluding steroid dienone is 1. The lowest BCUT2D eigenvalue weighted by Crippen LogP contribution is -2.27. The number of hydrogen-bond donors (Lipinski definition) is 0. The minimum Gasteiger partial charge on any atom is -0.267 e. The highest BCUT2D eigenvalue weighted by atomic mass is 16.6. The van der Waals surface area contributed by atoms with E-state index in [4.69, 9.17) is 0 Å². The molecule has 0 atom stereocenters. The van der Waals surface area contributed by atoms with Crippen LogP contribution in [0.2, 0.25) is 0 Å². The molecular formula is C14H15N3O3. The summed E-state index contributed by atoms with van der Waals surface area (Å²) >= 11 is 0. The Balaban J connectivity index is 2.29. The van der Waals surface area contributed by atoms with Gasteiger partial charge in [-0.1, -0.05) is 6.58 Å². The topological polar surface area (TPSA) is 75.8 Å². The van der Waals surface area contributed by atoms with Crippen molar-refractivity contribution in [3.05, 3.63) is 52.2 Å². The molecule has 0 aromatic heterocycles. The van der Waals surface area contributed by atoms with Crippen LogP contribution in [0.4, 0.5) is 5.69 Å². The molecule has 0 unspecified atom stereocenters. The first-order valence-electron chi connectivity index (χ1n) is 6.09. The van der Waals surface area contributed by atoms with Gasteiger partial charge in [0.1, 0.15) is 0 Å². The zero-order chi connectivity index (χ0) is 15.1. The maximum atomic E-state index is 12.4. The van der Waals surface area contributed by atoms with Crippen LogP contribution in [0.5, 0.6) is 0 Å². The van der Waals surface area contributed by atoms with Gasteiger partial charge in [0.15, 0.2) is 0 Å². The standard InChI is InChI=1S/C14H15N3O3/c1-9-14(3,4)10(2)16(15-9)13(18)11-5-7-12(8-6-11)17(19)20/h5-8H,2H2,1,3-4H3. The third-order valence-electron chi connectivity index (χ3n) is 3.65. The fraction of sp³-hybridized carbons (Fsp3) is 0.286. The van der Waals surface area contributed by atoms with Gasteiger partial charge in [-0.25, -0.2) is 5.01 Å². The second-order valence-electron chi connectivity index (χ2n) is 5.18. The van der Waals surface area contributed by atoms with Gasteiger partial charge < -0.3 is 0 Å². The second kappa shape index (κ2) is 4.56. The van der Waals surface area contributed by atoms with E-state index in [-0.39, 0.29) is 17.0 Å². The zero-order valence-corrected chi connectivity index (χ0v) is 11.6. The number of amides is 1. The maximum absolute atomic E-state index is 12.4. The smallest absolute Gasteiger partial charge is 0.267 e. The molecule has 1 aliphatic rings. The predicted octanol–water partition coefficient (Wildman–Crippen LogP) is 2.97. The molecule has 104 valence electrons. The fourth-order valence-corrected chi connectivity index (χ4v) is 1.82. The molecule has 0 saturated heterocycles. The van der Waals surface area contributed by atoms with Crippen molar-refractivity contribution in [2.24, 2.45) is 10.5 Å². The molecule has 0 fully saturated rings. The SMILES string of the molecule is C=C1N(C(=O)c2ccc([N+](=O)[O-])cc2)N=C(C)C1(C)C. The molecule has 6 nitrogen and oxygen atoms in total. The van der Waals surface area contributed by atoms with Gasteiger partial charge in [0, 0.05) is 28.8 Å². The number of nitrogens with zero attached hydrogens (tertiary/aromatic N) is 3. The van der Waals surface area contributed by atoms with Crippen molar-refractivity contribution in [1.29, 1.82) is 0 Å². The summed E-state index contributed by atoms with van der Waals surface area (Å²) in [5.74, 6) is -0.338. The monoisotopic (exact) mass is 273 g/mol. The lowest BCUT2D eigenvalue weighted by atomic mass is 9.86. The van der Waals surface area contributed by atoms with Gasteiger partial charge in [-0.3, -0.25) is 14.9 Å². The van der Waals surface area contributed by atoms with Gasteiger partial charge in [0.2, 0.25) is 0 Å². The number of hydrogen-bond acceptors (Lipinski definition) is 4. The zero-order valence-electron chi connectivity index (χ0n) is 11.6. The third-order valence-corrected chi connectivity index (χ3v) is 3.65. The number of hydrazone groups is 1. The van der Waals surface area contributed by atoms with Crippen LogP contribution in [0.15, 0.2) is 41.6 Å². The minimum absolute atomic E-state index is 0.0539. The molecule has 1 amide bonds. The average molecular weight is 273 g/mol. The van der Waals surface area contributed by atoms with Gasteiger partial charge in [-0.05, 0) is 32.9 Å². The van der Waals surface area contributed by atoms with E-state index in [2.05, 4.69) is 11.7 Å². The molecule has 0 radical (unpaired) electrons. The number of non-ortho nitro benzene ring substituents is 1. The molecule has 0 N–H and O–H groups in total. The van der Waals surface area contributed by atoms with Gasteiger partial charge in [0.25, 0.3) is 11.6 Å². The second-order valence-corrected chi connectivity index (χ2v) is 5.18. The quantitative estimate of drug-likeness (QED) is 0.614. The van der Waals surface area contributed by atoms with E-state index in [1.54, 1.807) is 0 Å². The normalized spacial score (nSPS) is 17.1. The van der Waals surface area contributed by atoms with Crippen molar-refractivity contribution < 1.29 is 9.72 Å². The Morgan fingerprint density at radius 1 is 1.35 bits per heavy atom. The lowest BCUT2D eigenvalue weighted by molar-refractivity contribution is -0.384. The van der Waals surface area contributed by atoms with Crippen molar-refractivity contribution in [1.82, 2.24) is 5.01 Å². The van der Waals surface area contributed by atoms with Crippen LogP contribution >= 0.6 is 0 Å². The molecular weight excluding hydrogens is 258 g/mol. The Bertz CT molecular complexity index is 630. The fourth-order valence-electron chi connectivity index (χ4n) is 1.82. The molecule has 1 heterocycles. The first kappa shape index (κ1) is 13.9. The molecule has 6 heteroatoms.